The van der Waals surface area contributed by atoms with Crippen molar-refractivity contribution in [3.8, 4) is 0 Å². The van der Waals surface area contributed by atoms with Crippen LogP contribution in [0.5, 0.6) is 0 Å². The molecular formula is C27H43N8O14P3. The molecule has 5 atom stereocenters. The topological polar surface area (TPSA) is 315 Å². The summed E-state index contributed by atoms with van der Waals surface area (Å²) in [6, 6.07) is 4.68. The van der Waals surface area contributed by atoms with E-state index in [0.717, 1.165) is 4.57 Å². The van der Waals surface area contributed by atoms with Gasteiger partial charge in [0.1, 0.15) is 42.9 Å². The molecule has 2 unspecified atom stereocenters. The number of nitrogens with zero attached hydrogens (tertiary/aromatic N) is 6. The number of aromatic nitrogens is 6. The minimum Gasteiger partial charge on any atom is -0.394 e. The first kappa shape index (κ1) is 43.0. The molecule has 22 nitrogen and oxygen atoms in total. The van der Waals surface area contributed by atoms with Crippen molar-refractivity contribution in [1.29, 1.82) is 0 Å². The van der Waals surface area contributed by atoms with E-state index >= 15 is 0 Å². The van der Waals surface area contributed by atoms with Gasteiger partial charge in [0.05, 0.1) is 45.6 Å². The predicted octanol–water partition coefficient (Wildman–Crippen LogP) is -0.723. The molecule has 0 aromatic carbocycles. The highest BCUT2D eigenvalue weighted by Gasteiger charge is 2.28. The van der Waals surface area contributed by atoms with Crippen LogP contribution in [0.25, 0.3) is 0 Å². The number of nitrogens with two attached hydrogens (primary N) is 2. The maximum Gasteiger partial charge on any atom is 0.350 e. The van der Waals surface area contributed by atoms with Crippen LogP contribution >= 0.6 is 22.3 Å². The zero-order valence-electron chi connectivity index (χ0n) is 28.6. The number of aryl methyl sites for hydroxylation is 1. The third kappa shape index (κ3) is 15.3. The van der Waals surface area contributed by atoms with Crippen LogP contribution in [0.15, 0.2) is 51.2 Å². The number of hydrogen-bond donors (Lipinski definition) is 5. The molecule has 290 valence electrons. The summed E-state index contributed by atoms with van der Waals surface area (Å²) < 4.78 is 63.6. The van der Waals surface area contributed by atoms with Crippen molar-refractivity contribution in [3.63, 3.8) is 0 Å². The lowest BCUT2D eigenvalue weighted by atomic mass is 10.3. The van der Waals surface area contributed by atoms with Gasteiger partial charge in [-0.05, 0) is 25.1 Å². The molecule has 5 heterocycles. The van der Waals surface area contributed by atoms with Gasteiger partial charge >= 0.3 is 24.7 Å². The zero-order valence-corrected chi connectivity index (χ0v) is 31.3. The monoisotopic (exact) mass is 796 g/mol. The van der Waals surface area contributed by atoms with Crippen LogP contribution < -0.4 is 28.5 Å². The molecule has 5 rings (SSSR count). The highest BCUT2D eigenvalue weighted by atomic mass is 31.2. The summed E-state index contributed by atoms with van der Waals surface area (Å²) in [5, 5.41) is 8.99. The lowest BCUT2D eigenvalue weighted by Gasteiger charge is -2.27. The minimum absolute atomic E-state index is 0.0629. The van der Waals surface area contributed by atoms with E-state index in [9.17, 15) is 28.1 Å². The fraction of sp³-hybridized carbons (Fsp3) is 0.556. The van der Waals surface area contributed by atoms with Gasteiger partial charge in [-0.2, -0.15) is 15.0 Å². The fourth-order valence-corrected chi connectivity index (χ4v) is 6.66. The van der Waals surface area contributed by atoms with Gasteiger partial charge in [-0.3, -0.25) is 27.4 Å². The smallest absolute Gasteiger partial charge is 0.350 e. The van der Waals surface area contributed by atoms with Crippen molar-refractivity contribution in [1.82, 2.24) is 28.7 Å². The third-order valence-corrected chi connectivity index (χ3v) is 9.96. The number of nitrogen functional groups attached to an aromatic ring is 2. The Balaban J connectivity index is 0.000000210. The molecule has 0 aliphatic carbocycles. The average Bonchev–Trinajstić information content (AvgIpc) is 3.05. The van der Waals surface area contributed by atoms with E-state index in [1.807, 2.05) is 0 Å². The van der Waals surface area contributed by atoms with Gasteiger partial charge in [0.25, 0.3) is 0 Å². The zero-order chi connectivity index (χ0) is 38.7. The van der Waals surface area contributed by atoms with Crippen LogP contribution in [-0.4, -0.2) is 114 Å². The molecule has 7 N–H and O–H groups in total. The highest BCUT2D eigenvalue weighted by molar-refractivity contribution is 7.58. The minimum atomic E-state index is -4.31. The molecule has 52 heavy (non-hydrogen) atoms. The first-order valence-corrected chi connectivity index (χ1v) is 21.7. The quantitative estimate of drug-likeness (QED) is 0.158. The number of hydrogen-bond acceptors (Lipinski definition) is 17. The van der Waals surface area contributed by atoms with E-state index < -0.39 is 52.8 Å². The van der Waals surface area contributed by atoms with E-state index in [1.165, 1.54) is 34.1 Å². The van der Waals surface area contributed by atoms with Crippen molar-refractivity contribution in [2.24, 2.45) is 0 Å². The van der Waals surface area contributed by atoms with Gasteiger partial charge in [-0.1, -0.05) is 0 Å². The van der Waals surface area contributed by atoms with Gasteiger partial charge in [-0.25, -0.2) is 14.4 Å². The summed E-state index contributed by atoms with van der Waals surface area (Å²) in [6.45, 7) is 5.40. The van der Waals surface area contributed by atoms with Crippen molar-refractivity contribution in [2.45, 2.75) is 44.9 Å². The van der Waals surface area contributed by atoms with Crippen LogP contribution in [0.4, 0.5) is 11.6 Å². The Kier molecular flexibility index (Phi) is 15.8. The molecule has 2 saturated heterocycles. The lowest BCUT2D eigenvalue weighted by Crippen LogP contribution is -2.34. The van der Waals surface area contributed by atoms with E-state index in [0.29, 0.717) is 18.8 Å². The first-order chi connectivity index (χ1) is 24.2. The van der Waals surface area contributed by atoms with E-state index in [1.54, 1.807) is 32.0 Å². The maximum absolute atomic E-state index is 11.5. The second-order valence-corrected chi connectivity index (χ2v) is 18.5. The molecule has 3 aromatic heterocycles. The van der Waals surface area contributed by atoms with Gasteiger partial charge in [0.15, 0.2) is 0 Å². The molecule has 2 fully saturated rings. The number of ether oxygens (including phenoxy) is 3. The molecule has 0 saturated carbocycles. The molecular weight excluding hydrogens is 753 g/mol. The Labute approximate surface area is 296 Å². The Morgan fingerprint density at radius 1 is 0.846 bits per heavy atom. The van der Waals surface area contributed by atoms with Gasteiger partial charge in [-0.15, -0.1) is 0 Å². The lowest BCUT2D eigenvalue weighted by molar-refractivity contribution is 0.00378. The third-order valence-electron chi connectivity index (χ3n) is 6.84. The Hall–Kier alpha value is -3.39. The molecule has 0 amide bonds. The fourth-order valence-electron chi connectivity index (χ4n) is 4.18. The average molecular weight is 797 g/mol. The van der Waals surface area contributed by atoms with Crippen LogP contribution in [0, 0.1) is 6.92 Å². The number of aliphatic hydroxyl groups is 1. The summed E-state index contributed by atoms with van der Waals surface area (Å²) in [6.07, 6.45) is 2.48. The van der Waals surface area contributed by atoms with Crippen LogP contribution in [0.1, 0.15) is 5.69 Å². The molecule has 2 aliphatic rings. The largest absolute Gasteiger partial charge is 0.394 e. The molecule has 3 aromatic rings. The Bertz CT molecular complexity index is 1850. The first-order valence-electron chi connectivity index (χ1n) is 15.4. The van der Waals surface area contributed by atoms with Crippen molar-refractivity contribution >= 4 is 34.0 Å². The van der Waals surface area contributed by atoms with Gasteiger partial charge in [0, 0.05) is 37.6 Å². The molecule has 0 spiro atoms. The molecule has 2 aliphatic heterocycles. The van der Waals surface area contributed by atoms with Crippen molar-refractivity contribution < 1.29 is 51.8 Å². The summed E-state index contributed by atoms with van der Waals surface area (Å²) in [7, 11) is -9.48. The molecule has 25 heteroatoms. The van der Waals surface area contributed by atoms with Crippen LogP contribution in [-0.2, 0) is 56.6 Å². The SMILES string of the molecule is CP1(=O)CO[C@@H](Cn2ccc(N)nc2=O)CO1.Cc1ccn(C[C@H]2COP(C)(=O)CO2)c(=O)n1.Nc1ccn(C[C@@H](CO)OCP(=O)(O)O)c(=O)n1. The molecule has 0 bridgehead atoms. The highest BCUT2D eigenvalue weighted by Crippen LogP contribution is 2.46. The van der Waals surface area contributed by atoms with Crippen LogP contribution in [0.2, 0.25) is 0 Å². The van der Waals surface area contributed by atoms with Crippen LogP contribution in [0.3, 0.4) is 0 Å². The molecule has 0 radical (unpaired) electrons. The Morgan fingerprint density at radius 3 is 1.67 bits per heavy atom. The van der Waals surface area contributed by atoms with Crippen molar-refractivity contribution in [2.75, 3.05) is 63.7 Å². The number of anilines is 2. The summed E-state index contributed by atoms with van der Waals surface area (Å²) in [5.41, 5.74) is 9.99. The number of rotatable bonds is 10. The number of aliphatic hydroxyl groups excluding tert-OH is 1. The van der Waals surface area contributed by atoms with E-state index in [-0.39, 0.29) is 62.0 Å². The normalized spacial score (nSPS) is 23.7. The summed E-state index contributed by atoms with van der Waals surface area (Å²) in [5.74, 6) is 0.248. The maximum atomic E-state index is 11.5. The predicted molar refractivity (Wildman–Crippen MR) is 186 cm³/mol. The Morgan fingerprint density at radius 2 is 1.29 bits per heavy atom. The standard InChI is InChI=1S/C10H15N2O4P.C9H14N3O4P.C8H14N3O6P/c1-8-3-4-12(10(13)11-8)5-9-6-16-17(2,14)7-15-9;1-17(14)6-15-7(5-16-17)4-12-3-2-8(10)11-9(12)13;9-7-1-2-11(8(13)10-7)3-6(4-12)17-5-18(14,15)16/h3-4,9H,5-7H2,1-2H3;2-3,7H,4-6H2,1H3,(H2,10,11,13);1-2,6,12H,3-5H2,(H2,9,10,13)(H2,14,15,16)/t9-,17?;7-,17?;6-/m000/s1. The van der Waals surface area contributed by atoms with E-state index in [2.05, 4.69) is 15.0 Å². The summed E-state index contributed by atoms with van der Waals surface area (Å²) in [4.78, 5) is 62.5. The second kappa shape index (κ2) is 19.1. The van der Waals surface area contributed by atoms with Gasteiger partial charge < -0.3 is 49.6 Å². The second-order valence-electron chi connectivity index (χ2n) is 11.8. The van der Waals surface area contributed by atoms with Crippen molar-refractivity contribution in [3.05, 3.63) is 73.9 Å². The summed E-state index contributed by atoms with van der Waals surface area (Å²) >= 11 is 0. The van der Waals surface area contributed by atoms with E-state index in [4.69, 9.17) is 49.6 Å². The van der Waals surface area contributed by atoms with Gasteiger partial charge in [0.2, 0.25) is 14.7 Å².